The van der Waals surface area contributed by atoms with E-state index in [1.54, 1.807) is 12.1 Å². The summed E-state index contributed by atoms with van der Waals surface area (Å²) in [4.78, 5) is 16.0. The van der Waals surface area contributed by atoms with Crippen LogP contribution in [-0.4, -0.2) is 21.5 Å². The van der Waals surface area contributed by atoms with E-state index in [2.05, 4.69) is 5.16 Å². The van der Waals surface area contributed by atoms with Gasteiger partial charge in [-0.05, 0) is 12.8 Å². The van der Waals surface area contributed by atoms with Crippen LogP contribution in [0, 0.1) is 10.1 Å². The van der Waals surface area contributed by atoms with Gasteiger partial charge in [-0.2, -0.15) is 0 Å². The molecule has 1 heterocycles. The molecule has 0 amide bonds. The van der Waals surface area contributed by atoms with Crippen molar-refractivity contribution in [1.29, 1.82) is 0 Å². The first-order valence-electron chi connectivity index (χ1n) is 6.68. The average Bonchev–Trinajstić information content (AvgIpc) is 2.77. The van der Waals surface area contributed by atoms with E-state index < -0.39 is 10.6 Å². The first-order valence-corrected chi connectivity index (χ1v) is 6.68. The van der Waals surface area contributed by atoms with E-state index in [-0.39, 0.29) is 5.69 Å². The molecule has 20 heavy (non-hydrogen) atoms. The molecule has 1 aromatic rings. The molecule has 2 N–H and O–H groups in total. The summed E-state index contributed by atoms with van der Waals surface area (Å²) in [6.07, 6.45) is 4.92. The minimum absolute atomic E-state index is 0.0168. The molecule has 7 heteroatoms. The molecule has 0 bridgehead atoms. The quantitative estimate of drug-likeness (QED) is 0.507. The van der Waals surface area contributed by atoms with Crippen LogP contribution in [0.3, 0.4) is 0 Å². The van der Waals surface area contributed by atoms with Crippen LogP contribution < -0.4 is 5.84 Å². The third-order valence-electron chi connectivity index (χ3n) is 3.92. The molecule has 0 radical (unpaired) electrons. The molecule has 2 aliphatic rings. The van der Waals surface area contributed by atoms with Crippen LogP contribution >= 0.6 is 0 Å². The third-order valence-corrected chi connectivity index (χ3v) is 3.92. The van der Waals surface area contributed by atoms with Gasteiger partial charge in [-0.25, -0.2) is 10.9 Å². The maximum Gasteiger partial charge on any atom is 0.270 e. The molecule has 1 aromatic carbocycles. The molecule has 0 atom stereocenters. The Labute approximate surface area is 116 Å². The number of hydrazine groups is 1. The fourth-order valence-corrected chi connectivity index (χ4v) is 2.80. The number of non-ortho nitro benzene ring substituents is 1. The molecule has 0 aromatic heterocycles. The number of rotatable bonds is 2. The van der Waals surface area contributed by atoms with E-state index in [0.717, 1.165) is 25.7 Å². The van der Waals surface area contributed by atoms with Gasteiger partial charge >= 0.3 is 0 Å². The van der Waals surface area contributed by atoms with Crippen LogP contribution in [0.1, 0.15) is 37.7 Å². The zero-order chi connectivity index (χ0) is 14.2. The molecular weight excluding hydrogens is 260 g/mol. The lowest BCUT2D eigenvalue weighted by Crippen LogP contribution is -2.54. The van der Waals surface area contributed by atoms with Crippen LogP contribution in [0.4, 0.5) is 5.69 Å². The predicted octanol–water partition coefficient (Wildman–Crippen LogP) is 2.12. The summed E-state index contributed by atoms with van der Waals surface area (Å²) in [7, 11) is 0. The molecule has 106 valence electrons. The second-order valence-corrected chi connectivity index (χ2v) is 5.19. The van der Waals surface area contributed by atoms with Crippen molar-refractivity contribution in [2.75, 3.05) is 0 Å². The highest BCUT2D eigenvalue weighted by atomic mass is 16.7. The van der Waals surface area contributed by atoms with Gasteiger partial charge in [0.25, 0.3) is 5.69 Å². The summed E-state index contributed by atoms with van der Waals surface area (Å²) >= 11 is 0. The number of oxime groups is 1. The van der Waals surface area contributed by atoms with Gasteiger partial charge in [-0.1, -0.05) is 23.7 Å². The Morgan fingerprint density at radius 1 is 1.35 bits per heavy atom. The largest absolute Gasteiger partial charge is 0.364 e. The zero-order valence-corrected chi connectivity index (χ0v) is 11.0. The minimum atomic E-state index is -0.571. The molecule has 1 spiro atoms. The van der Waals surface area contributed by atoms with E-state index in [1.807, 2.05) is 0 Å². The number of hydrogen-bond donors (Lipinski definition) is 1. The van der Waals surface area contributed by atoms with Gasteiger partial charge in [0.05, 0.1) is 4.92 Å². The number of nitrogens with zero attached hydrogens (tertiary/aromatic N) is 3. The van der Waals surface area contributed by atoms with Gasteiger partial charge in [-0.15, -0.1) is 0 Å². The molecule has 1 aliphatic heterocycles. The first-order chi connectivity index (χ1) is 9.62. The highest BCUT2D eigenvalue weighted by Crippen LogP contribution is 2.37. The average molecular weight is 276 g/mol. The summed E-state index contributed by atoms with van der Waals surface area (Å²) in [5.41, 5.74) is 0.0467. The third kappa shape index (κ3) is 2.00. The minimum Gasteiger partial charge on any atom is -0.364 e. The molecular formula is C13H16N4O3. The summed E-state index contributed by atoms with van der Waals surface area (Å²) in [6, 6.07) is 6.27. The summed E-state index contributed by atoms with van der Waals surface area (Å²) < 4.78 is 0. The fourth-order valence-electron chi connectivity index (χ4n) is 2.80. The Hall–Kier alpha value is -2.15. The Bertz CT molecular complexity index is 566. The molecule has 1 fully saturated rings. The second kappa shape index (κ2) is 4.75. The van der Waals surface area contributed by atoms with Crippen molar-refractivity contribution < 1.29 is 9.76 Å². The van der Waals surface area contributed by atoms with E-state index in [9.17, 15) is 10.1 Å². The van der Waals surface area contributed by atoms with Gasteiger partial charge in [-0.3, -0.25) is 10.1 Å². The van der Waals surface area contributed by atoms with Crippen LogP contribution in [0.2, 0.25) is 0 Å². The normalized spacial score (nSPS) is 20.6. The molecule has 1 saturated carbocycles. The van der Waals surface area contributed by atoms with Gasteiger partial charge in [0.1, 0.15) is 0 Å². The summed E-state index contributed by atoms with van der Waals surface area (Å²) in [6.45, 7) is 0. The zero-order valence-electron chi connectivity index (χ0n) is 11.0. The smallest absolute Gasteiger partial charge is 0.270 e. The molecule has 0 unspecified atom stereocenters. The van der Waals surface area contributed by atoms with Crippen LogP contribution in [0.25, 0.3) is 0 Å². The summed E-state index contributed by atoms with van der Waals surface area (Å²) in [5, 5.41) is 16.4. The Kier molecular flexibility index (Phi) is 3.06. The van der Waals surface area contributed by atoms with Crippen molar-refractivity contribution in [2.24, 2.45) is 11.0 Å². The SMILES string of the molecule is NN1C(c2cccc([N+](=O)[O-])c2)=NOC12CCCCC2. The number of benzene rings is 1. The molecule has 0 saturated heterocycles. The van der Waals surface area contributed by atoms with Crippen LogP contribution in [0.5, 0.6) is 0 Å². The lowest BCUT2D eigenvalue weighted by atomic mass is 9.91. The van der Waals surface area contributed by atoms with Crippen molar-refractivity contribution >= 4 is 11.5 Å². The second-order valence-electron chi connectivity index (χ2n) is 5.19. The summed E-state index contributed by atoms with van der Waals surface area (Å²) in [5.74, 6) is 6.61. The van der Waals surface area contributed by atoms with E-state index in [4.69, 9.17) is 10.7 Å². The number of nitro groups is 1. The number of nitrogens with two attached hydrogens (primary N) is 1. The van der Waals surface area contributed by atoms with Crippen molar-refractivity contribution in [1.82, 2.24) is 5.01 Å². The highest BCUT2D eigenvalue weighted by molar-refractivity contribution is 5.99. The molecule has 7 nitrogen and oxygen atoms in total. The lowest BCUT2D eigenvalue weighted by Gasteiger charge is -2.36. The van der Waals surface area contributed by atoms with Gasteiger partial charge < -0.3 is 4.84 Å². The van der Waals surface area contributed by atoms with Crippen molar-refractivity contribution in [3.05, 3.63) is 39.9 Å². The molecule has 3 rings (SSSR count). The van der Waals surface area contributed by atoms with E-state index >= 15 is 0 Å². The first kappa shape index (κ1) is 12.9. The van der Waals surface area contributed by atoms with Gasteiger partial charge in [0.2, 0.25) is 5.72 Å². The Balaban J connectivity index is 1.88. The van der Waals surface area contributed by atoms with Crippen LogP contribution in [-0.2, 0) is 4.84 Å². The van der Waals surface area contributed by atoms with Gasteiger partial charge in [0, 0.05) is 30.5 Å². The Morgan fingerprint density at radius 3 is 2.80 bits per heavy atom. The van der Waals surface area contributed by atoms with Crippen LogP contribution in [0.15, 0.2) is 29.4 Å². The van der Waals surface area contributed by atoms with Crippen molar-refractivity contribution in [3.63, 3.8) is 0 Å². The standard InChI is InChI=1S/C13H16N4O3/c14-16-12(10-5-4-6-11(9-10)17(18)19)15-20-13(16)7-2-1-3-8-13/h4-6,9H,1-3,7-8,14H2. The van der Waals surface area contributed by atoms with Crippen molar-refractivity contribution in [2.45, 2.75) is 37.8 Å². The Morgan fingerprint density at radius 2 is 2.10 bits per heavy atom. The number of hydrogen-bond acceptors (Lipinski definition) is 6. The topological polar surface area (TPSA) is 94.0 Å². The van der Waals surface area contributed by atoms with E-state index in [0.29, 0.717) is 11.4 Å². The lowest BCUT2D eigenvalue weighted by molar-refractivity contribution is -0.384. The monoisotopic (exact) mass is 276 g/mol. The molecule has 1 aliphatic carbocycles. The number of nitro benzene ring substituents is 1. The highest BCUT2D eigenvalue weighted by Gasteiger charge is 2.46. The fraction of sp³-hybridized carbons (Fsp3) is 0.462. The van der Waals surface area contributed by atoms with E-state index in [1.165, 1.54) is 23.6 Å². The predicted molar refractivity (Wildman–Crippen MR) is 72.6 cm³/mol. The maximum absolute atomic E-state index is 10.8. The van der Waals surface area contributed by atoms with Crippen molar-refractivity contribution in [3.8, 4) is 0 Å². The van der Waals surface area contributed by atoms with Gasteiger partial charge in [0.15, 0.2) is 5.84 Å². The maximum atomic E-state index is 10.8. The number of amidine groups is 1.